The van der Waals surface area contributed by atoms with Crippen LogP contribution in [-0.2, 0) is 9.59 Å². The van der Waals surface area contributed by atoms with E-state index in [-0.39, 0.29) is 17.7 Å². The molecule has 1 fully saturated rings. The summed E-state index contributed by atoms with van der Waals surface area (Å²) in [4.78, 5) is 34.6. The van der Waals surface area contributed by atoms with Crippen molar-refractivity contribution in [1.29, 1.82) is 0 Å². The third kappa shape index (κ3) is 3.39. The number of hydrogen-bond acceptors (Lipinski definition) is 3. The molecule has 1 aromatic carbocycles. The van der Waals surface area contributed by atoms with Gasteiger partial charge in [-0.3, -0.25) is 14.9 Å². The Labute approximate surface area is 123 Å². The van der Waals surface area contributed by atoms with E-state index in [0.717, 1.165) is 12.8 Å². The van der Waals surface area contributed by atoms with Crippen molar-refractivity contribution in [2.24, 2.45) is 5.92 Å². The third-order valence-corrected chi connectivity index (χ3v) is 3.64. The molecule has 6 nitrogen and oxygen atoms in total. The molecule has 3 N–H and O–H groups in total. The fourth-order valence-corrected chi connectivity index (χ4v) is 2.31. The van der Waals surface area contributed by atoms with Crippen LogP contribution in [0.4, 0.5) is 10.5 Å². The largest absolute Gasteiger partial charge is 0.326 e. The molecular formula is C15H19N3O3. The molecule has 1 atom stereocenters. The average Bonchev–Trinajstić information content (AvgIpc) is 2.80. The van der Waals surface area contributed by atoms with Crippen molar-refractivity contribution in [1.82, 2.24) is 10.6 Å². The summed E-state index contributed by atoms with van der Waals surface area (Å²) < 4.78 is 0. The first-order valence-electron chi connectivity index (χ1n) is 7.07. The molecular weight excluding hydrogens is 270 g/mol. The lowest BCUT2D eigenvalue weighted by atomic mass is 10.0. The van der Waals surface area contributed by atoms with E-state index in [2.05, 4.69) is 16.0 Å². The maximum Gasteiger partial charge on any atom is 0.322 e. The quantitative estimate of drug-likeness (QED) is 0.724. The summed E-state index contributed by atoms with van der Waals surface area (Å²) >= 11 is 0. The highest BCUT2D eigenvalue weighted by Crippen LogP contribution is 2.20. The Kier molecular flexibility index (Phi) is 4.57. The second-order valence-electron chi connectivity index (χ2n) is 5.02. The average molecular weight is 289 g/mol. The maximum atomic E-state index is 12.0. The summed E-state index contributed by atoms with van der Waals surface area (Å²) in [6, 6.07) is 5.75. The Morgan fingerprint density at radius 2 is 1.81 bits per heavy atom. The zero-order valence-electron chi connectivity index (χ0n) is 12.1. The summed E-state index contributed by atoms with van der Waals surface area (Å²) in [6.07, 6.45) is 1.60. The lowest BCUT2D eigenvalue weighted by Gasteiger charge is -2.13. The summed E-state index contributed by atoms with van der Waals surface area (Å²) in [5, 5.41) is 7.57. The zero-order chi connectivity index (χ0) is 15.4. The molecule has 0 bridgehead atoms. The van der Waals surface area contributed by atoms with Crippen LogP contribution in [0, 0.1) is 5.92 Å². The smallest absolute Gasteiger partial charge is 0.322 e. The molecule has 1 heterocycles. The summed E-state index contributed by atoms with van der Waals surface area (Å²) in [5.74, 6) is -0.363. The fourth-order valence-electron chi connectivity index (χ4n) is 2.31. The highest BCUT2D eigenvalue weighted by Gasteiger charge is 2.30. The lowest BCUT2D eigenvalue weighted by Crippen LogP contribution is -2.22. The van der Waals surface area contributed by atoms with Crippen LogP contribution in [0.1, 0.15) is 38.3 Å². The monoisotopic (exact) mass is 289 g/mol. The van der Waals surface area contributed by atoms with Crippen LogP contribution in [0.5, 0.6) is 0 Å². The van der Waals surface area contributed by atoms with Gasteiger partial charge in [0.1, 0.15) is 6.04 Å². The number of urea groups is 1. The van der Waals surface area contributed by atoms with Crippen molar-refractivity contribution >= 4 is 23.5 Å². The highest BCUT2D eigenvalue weighted by molar-refractivity contribution is 6.04. The minimum Gasteiger partial charge on any atom is -0.326 e. The summed E-state index contributed by atoms with van der Waals surface area (Å²) in [6.45, 7) is 3.97. The number of carbonyl (C=O) groups is 3. The van der Waals surface area contributed by atoms with Gasteiger partial charge in [-0.15, -0.1) is 0 Å². The predicted molar refractivity (Wildman–Crippen MR) is 78.6 cm³/mol. The van der Waals surface area contributed by atoms with Crippen molar-refractivity contribution in [2.75, 3.05) is 5.32 Å². The second kappa shape index (κ2) is 6.39. The van der Waals surface area contributed by atoms with E-state index in [0.29, 0.717) is 11.3 Å². The third-order valence-electron chi connectivity index (χ3n) is 3.64. The van der Waals surface area contributed by atoms with Gasteiger partial charge in [0.15, 0.2) is 0 Å². The van der Waals surface area contributed by atoms with Crippen LogP contribution in [0.3, 0.4) is 0 Å². The first-order chi connectivity index (χ1) is 10.0. The van der Waals surface area contributed by atoms with E-state index in [1.807, 2.05) is 13.8 Å². The fraction of sp³-hybridized carbons (Fsp3) is 0.400. The van der Waals surface area contributed by atoms with Crippen LogP contribution in [-0.4, -0.2) is 17.8 Å². The lowest BCUT2D eigenvalue weighted by molar-refractivity contribution is -0.121. The van der Waals surface area contributed by atoms with Gasteiger partial charge < -0.3 is 10.6 Å². The standard InChI is InChI=1S/C15H19N3O3/c1-3-9(4-2)13(19)16-11-7-5-10(6-8-11)12-14(20)18-15(21)17-12/h5-9,12H,3-4H2,1-2H3,(H,16,19)(H2,17,18,20,21). The molecule has 1 aliphatic rings. The number of nitrogens with one attached hydrogen (secondary N) is 3. The summed E-state index contributed by atoms with van der Waals surface area (Å²) in [7, 11) is 0. The molecule has 0 spiro atoms. The highest BCUT2D eigenvalue weighted by atomic mass is 16.2. The second-order valence-corrected chi connectivity index (χ2v) is 5.02. The predicted octanol–water partition coefficient (Wildman–Crippen LogP) is 1.94. The molecule has 2 rings (SSSR count). The number of rotatable bonds is 5. The minimum atomic E-state index is -0.665. The molecule has 0 aromatic heterocycles. The molecule has 4 amide bonds. The molecule has 1 unspecified atom stereocenters. The SMILES string of the molecule is CCC(CC)C(=O)Nc1ccc(C2NC(=O)NC2=O)cc1. The minimum absolute atomic E-state index is 0.000313. The van der Waals surface area contributed by atoms with Crippen molar-refractivity contribution in [2.45, 2.75) is 32.7 Å². The number of hydrogen-bond donors (Lipinski definition) is 3. The molecule has 1 aliphatic heterocycles. The molecule has 0 saturated carbocycles. The topological polar surface area (TPSA) is 87.3 Å². The zero-order valence-corrected chi connectivity index (χ0v) is 12.1. The van der Waals surface area contributed by atoms with Crippen molar-refractivity contribution in [3.8, 4) is 0 Å². The van der Waals surface area contributed by atoms with E-state index in [4.69, 9.17) is 0 Å². The Hall–Kier alpha value is -2.37. The van der Waals surface area contributed by atoms with Crippen molar-refractivity contribution < 1.29 is 14.4 Å². The van der Waals surface area contributed by atoms with Gasteiger partial charge in [0.05, 0.1) is 0 Å². The number of benzene rings is 1. The number of imide groups is 1. The van der Waals surface area contributed by atoms with E-state index in [1.54, 1.807) is 24.3 Å². The Morgan fingerprint density at radius 1 is 1.19 bits per heavy atom. The van der Waals surface area contributed by atoms with Crippen LogP contribution in [0.2, 0.25) is 0 Å². The van der Waals surface area contributed by atoms with Crippen LogP contribution < -0.4 is 16.0 Å². The summed E-state index contributed by atoms with van der Waals surface area (Å²) in [5.41, 5.74) is 1.36. The first-order valence-corrected chi connectivity index (χ1v) is 7.07. The van der Waals surface area contributed by atoms with Gasteiger partial charge in [-0.1, -0.05) is 26.0 Å². The number of anilines is 1. The van der Waals surface area contributed by atoms with Gasteiger partial charge in [0.2, 0.25) is 5.91 Å². The van der Waals surface area contributed by atoms with Crippen molar-refractivity contribution in [3.05, 3.63) is 29.8 Å². The molecule has 112 valence electrons. The van der Waals surface area contributed by atoms with E-state index in [1.165, 1.54) is 0 Å². The first kappa shape index (κ1) is 15.0. The van der Waals surface area contributed by atoms with Crippen LogP contribution in [0.25, 0.3) is 0 Å². The number of carbonyl (C=O) groups excluding carboxylic acids is 3. The Morgan fingerprint density at radius 3 is 2.29 bits per heavy atom. The van der Waals surface area contributed by atoms with E-state index >= 15 is 0 Å². The van der Waals surface area contributed by atoms with Gasteiger partial charge in [0.25, 0.3) is 5.91 Å². The van der Waals surface area contributed by atoms with Gasteiger partial charge in [-0.05, 0) is 30.5 Å². The van der Waals surface area contributed by atoms with Crippen LogP contribution in [0.15, 0.2) is 24.3 Å². The van der Waals surface area contributed by atoms with E-state index < -0.39 is 12.1 Å². The molecule has 21 heavy (non-hydrogen) atoms. The Bertz CT molecular complexity index is 550. The molecule has 1 aromatic rings. The van der Waals surface area contributed by atoms with E-state index in [9.17, 15) is 14.4 Å². The van der Waals surface area contributed by atoms with Gasteiger partial charge in [-0.25, -0.2) is 4.79 Å². The van der Waals surface area contributed by atoms with Gasteiger partial charge in [-0.2, -0.15) is 0 Å². The Balaban J connectivity index is 2.04. The molecule has 6 heteroatoms. The normalized spacial score (nSPS) is 17.6. The molecule has 1 saturated heterocycles. The number of amides is 4. The van der Waals surface area contributed by atoms with Gasteiger partial charge >= 0.3 is 6.03 Å². The molecule has 0 aliphatic carbocycles. The maximum absolute atomic E-state index is 12.0. The van der Waals surface area contributed by atoms with Gasteiger partial charge in [0, 0.05) is 11.6 Å². The van der Waals surface area contributed by atoms with Crippen LogP contribution >= 0.6 is 0 Å². The van der Waals surface area contributed by atoms with Crippen molar-refractivity contribution in [3.63, 3.8) is 0 Å². The molecule has 0 radical (unpaired) electrons.